The predicted octanol–water partition coefficient (Wildman–Crippen LogP) is 3.31. The topological polar surface area (TPSA) is 66.5 Å². The highest BCUT2D eigenvalue weighted by molar-refractivity contribution is 7.89. The molecule has 0 aromatic heterocycles. The molecule has 4 rings (SSSR count). The Morgan fingerprint density at radius 2 is 1.68 bits per heavy atom. The maximum Gasteiger partial charge on any atom is 0.243 e. The molecule has 0 radical (unpaired) electrons. The zero-order chi connectivity index (χ0) is 19.6. The minimum absolute atomic E-state index is 0.231. The smallest absolute Gasteiger partial charge is 0.243 e. The van der Waals surface area contributed by atoms with Crippen molar-refractivity contribution < 1.29 is 13.2 Å². The molecule has 0 bridgehead atoms. The van der Waals surface area contributed by atoms with Gasteiger partial charge in [0.25, 0.3) is 0 Å². The van der Waals surface area contributed by atoms with Crippen molar-refractivity contribution in [3.8, 4) is 0 Å². The highest BCUT2D eigenvalue weighted by Crippen LogP contribution is 2.28. The molecule has 0 aliphatic carbocycles. The van der Waals surface area contributed by atoms with Gasteiger partial charge in [0.15, 0.2) is 0 Å². The summed E-state index contributed by atoms with van der Waals surface area (Å²) in [5.74, 6) is -0.245. The van der Waals surface area contributed by atoms with E-state index in [1.54, 1.807) is 12.1 Å². The molecule has 3 aromatic carbocycles. The van der Waals surface area contributed by atoms with E-state index >= 15 is 0 Å². The first kappa shape index (κ1) is 18.7. The third-order valence-electron chi connectivity index (χ3n) is 5.14. The number of benzene rings is 3. The van der Waals surface area contributed by atoms with Crippen molar-refractivity contribution in [3.63, 3.8) is 0 Å². The molecule has 0 saturated carbocycles. The van der Waals surface area contributed by atoms with Crippen molar-refractivity contribution in [1.82, 2.24) is 9.62 Å². The molecule has 1 saturated heterocycles. The molecule has 3 aromatic rings. The fraction of sp³-hybridized carbons (Fsp3) is 0.227. The standard InChI is InChI=1S/C22H22N2O3S/c25-22(23-16-17-7-2-1-3-8-17)21-11-6-14-24(21)28(26,27)20-13-12-18-9-4-5-10-19(18)15-20/h1-5,7-10,12-13,15,21H,6,11,14,16H2,(H,23,25)/t21-/m0/s1. The molecule has 1 fully saturated rings. The maximum absolute atomic E-state index is 13.2. The van der Waals surface area contributed by atoms with E-state index in [1.807, 2.05) is 60.7 Å². The van der Waals surface area contributed by atoms with Crippen molar-refractivity contribution in [3.05, 3.63) is 78.4 Å². The lowest BCUT2D eigenvalue weighted by Gasteiger charge is -2.23. The van der Waals surface area contributed by atoms with Crippen LogP contribution in [0.15, 0.2) is 77.7 Å². The molecule has 6 heteroatoms. The molecule has 144 valence electrons. The summed E-state index contributed by atoms with van der Waals surface area (Å²) in [7, 11) is -3.73. The van der Waals surface area contributed by atoms with Gasteiger partial charge in [-0.1, -0.05) is 60.7 Å². The Morgan fingerprint density at radius 3 is 2.46 bits per heavy atom. The second-order valence-corrected chi connectivity index (χ2v) is 8.88. The van der Waals surface area contributed by atoms with E-state index in [1.165, 1.54) is 4.31 Å². The van der Waals surface area contributed by atoms with Gasteiger partial charge in [0.1, 0.15) is 6.04 Å². The van der Waals surface area contributed by atoms with Gasteiger partial charge in [-0.15, -0.1) is 0 Å². The zero-order valence-electron chi connectivity index (χ0n) is 15.4. The summed E-state index contributed by atoms with van der Waals surface area (Å²) >= 11 is 0. The van der Waals surface area contributed by atoms with Crippen LogP contribution in [0.5, 0.6) is 0 Å². The zero-order valence-corrected chi connectivity index (χ0v) is 16.2. The van der Waals surface area contributed by atoms with Gasteiger partial charge in [0.2, 0.25) is 15.9 Å². The SMILES string of the molecule is O=C(NCc1ccccc1)[C@@H]1CCCN1S(=O)(=O)c1ccc2ccccc2c1. The van der Waals surface area contributed by atoms with Crippen LogP contribution in [0.3, 0.4) is 0 Å². The van der Waals surface area contributed by atoms with Crippen LogP contribution < -0.4 is 5.32 Å². The van der Waals surface area contributed by atoms with E-state index in [0.717, 1.165) is 16.3 Å². The first-order valence-corrected chi connectivity index (χ1v) is 10.8. The monoisotopic (exact) mass is 394 g/mol. The number of sulfonamides is 1. The van der Waals surface area contributed by atoms with Gasteiger partial charge in [-0.2, -0.15) is 4.31 Å². The summed E-state index contributed by atoms with van der Waals surface area (Å²) in [6.45, 7) is 0.749. The first-order valence-electron chi connectivity index (χ1n) is 9.38. The molecular formula is C22H22N2O3S. The molecule has 1 aliphatic heterocycles. The number of nitrogens with one attached hydrogen (secondary N) is 1. The lowest BCUT2D eigenvalue weighted by atomic mass is 10.1. The van der Waals surface area contributed by atoms with Crippen LogP contribution in [0, 0.1) is 0 Å². The van der Waals surface area contributed by atoms with Crippen LogP contribution in [0.1, 0.15) is 18.4 Å². The van der Waals surface area contributed by atoms with Gasteiger partial charge < -0.3 is 5.32 Å². The van der Waals surface area contributed by atoms with Crippen LogP contribution in [0.4, 0.5) is 0 Å². The third kappa shape index (κ3) is 3.66. The van der Waals surface area contributed by atoms with E-state index < -0.39 is 16.1 Å². The van der Waals surface area contributed by atoms with Gasteiger partial charge in [-0.3, -0.25) is 4.79 Å². The molecular weight excluding hydrogens is 372 g/mol. The van der Waals surface area contributed by atoms with Gasteiger partial charge >= 0.3 is 0 Å². The Labute approximate surface area is 165 Å². The largest absolute Gasteiger partial charge is 0.351 e. The normalized spacial score (nSPS) is 17.6. The molecule has 1 amide bonds. The molecule has 28 heavy (non-hydrogen) atoms. The fourth-order valence-corrected chi connectivity index (χ4v) is 5.35. The highest BCUT2D eigenvalue weighted by atomic mass is 32.2. The second kappa shape index (κ2) is 7.73. The Kier molecular flexibility index (Phi) is 5.15. The fourth-order valence-electron chi connectivity index (χ4n) is 3.66. The number of hydrogen-bond acceptors (Lipinski definition) is 3. The van der Waals surface area contributed by atoms with Gasteiger partial charge in [0.05, 0.1) is 4.90 Å². The summed E-state index contributed by atoms with van der Waals surface area (Å²) in [4.78, 5) is 12.9. The van der Waals surface area contributed by atoms with Crippen molar-refractivity contribution >= 4 is 26.7 Å². The second-order valence-electron chi connectivity index (χ2n) is 6.99. The lowest BCUT2D eigenvalue weighted by molar-refractivity contribution is -0.124. The van der Waals surface area contributed by atoms with E-state index in [2.05, 4.69) is 5.32 Å². The highest BCUT2D eigenvalue weighted by Gasteiger charge is 2.39. The number of carbonyl (C=O) groups excluding carboxylic acids is 1. The predicted molar refractivity (Wildman–Crippen MR) is 109 cm³/mol. The summed E-state index contributed by atoms with van der Waals surface area (Å²) in [5.41, 5.74) is 0.984. The van der Waals surface area contributed by atoms with Crippen molar-refractivity contribution in [1.29, 1.82) is 0 Å². The molecule has 0 spiro atoms. The summed E-state index contributed by atoms with van der Waals surface area (Å²) in [5, 5.41) is 4.73. The molecule has 1 atom stereocenters. The number of rotatable bonds is 5. The quantitative estimate of drug-likeness (QED) is 0.722. The van der Waals surface area contributed by atoms with Crippen LogP contribution in [0.25, 0.3) is 10.8 Å². The van der Waals surface area contributed by atoms with Crippen molar-refractivity contribution in [2.75, 3.05) is 6.54 Å². The Bertz CT molecular complexity index is 1100. The molecule has 5 nitrogen and oxygen atoms in total. The maximum atomic E-state index is 13.2. The summed E-state index contributed by atoms with van der Waals surface area (Å²) < 4.78 is 27.8. The van der Waals surface area contributed by atoms with E-state index in [9.17, 15) is 13.2 Å². The number of amides is 1. The van der Waals surface area contributed by atoms with E-state index in [-0.39, 0.29) is 10.8 Å². The van der Waals surface area contributed by atoms with Gasteiger partial charge in [-0.25, -0.2) is 8.42 Å². The Hall–Kier alpha value is -2.70. The molecule has 0 unspecified atom stereocenters. The van der Waals surface area contributed by atoms with E-state index in [4.69, 9.17) is 0 Å². The van der Waals surface area contributed by atoms with Crippen LogP contribution in [0.2, 0.25) is 0 Å². The van der Waals surface area contributed by atoms with Gasteiger partial charge in [0, 0.05) is 13.1 Å². The first-order chi connectivity index (χ1) is 13.6. The van der Waals surface area contributed by atoms with Crippen LogP contribution in [-0.4, -0.2) is 31.2 Å². The average Bonchev–Trinajstić information content (AvgIpc) is 3.23. The number of hydrogen-bond donors (Lipinski definition) is 1. The van der Waals surface area contributed by atoms with Gasteiger partial charge in [-0.05, 0) is 41.3 Å². The van der Waals surface area contributed by atoms with Crippen LogP contribution in [-0.2, 0) is 21.4 Å². The minimum atomic E-state index is -3.73. The minimum Gasteiger partial charge on any atom is -0.351 e. The molecule has 1 heterocycles. The van der Waals surface area contributed by atoms with Crippen LogP contribution >= 0.6 is 0 Å². The molecule has 1 N–H and O–H groups in total. The van der Waals surface area contributed by atoms with E-state index in [0.29, 0.717) is 25.9 Å². The van der Waals surface area contributed by atoms with Crippen molar-refractivity contribution in [2.24, 2.45) is 0 Å². The number of nitrogens with zero attached hydrogens (tertiary/aromatic N) is 1. The number of fused-ring (bicyclic) bond motifs is 1. The van der Waals surface area contributed by atoms with Crippen molar-refractivity contribution in [2.45, 2.75) is 30.3 Å². The number of carbonyl (C=O) groups is 1. The lowest BCUT2D eigenvalue weighted by Crippen LogP contribution is -2.45. The Morgan fingerprint density at radius 1 is 0.964 bits per heavy atom. The third-order valence-corrected chi connectivity index (χ3v) is 7.05. The Balaban J connectivity index is 1.54. The molecule has 1 aliphatic rings. The summed E-state index contributed by atoms with van der Waals surface area (Å²) in [6.07, 6.45) is 1.21. The average molecular weight is 394 g/mol. The summed E-state index contributed by atoms with van der Waals surface area (Å²) in [6, 6.07) is 21.7.